The van der Waals surface area contributed by atoms with E-state index in [9.17, 15) is 0 Å². The van der Waals surface area contributed by atoms with Crippen molar-refractivity contribution in [3.8, 4) is 55.6 Å². The highest BCUT2D eigenvalue weighted by molar-refractivity contribution is 6.22. The highest BCUT2D eigenvalue weighted by Gasteiger charge is 2.49. The normalized spacial score (nSPS) is 15.1. The van der Waals surface area contributed by atoms with Crippen LogP contribution in [0.4, 0.5) is 17.1 Å². The standard InChI is InChI=1S/C72H57NO2/c1-40-35-41(2)67(42(3)36-40)73(45-32-34-50-56(38-45)72(8,9)66-64(50)69-63(52-27-17-20-30-59(52)75-69)61-48-25-15-18-28-54(48)71(6,7)65(61)66)44-31-33-49-55(37-44)70(4,5)57-39-53(47-24-14-13-23-46(47)43-21-11-10-12-22-43)68-62(60(49)57)51-26-16-19-29-58(51)74-68/h10-39H,1-9H3. The van der Waals surface area contributed by atoms with Crippen LogP contribution in [0.3, 0.4) is 0 Å². The van der Waals surface area contributed by atoms with Crippen LogP contribution < -0.4 is 4.90 Å². The van der Waals surface area contributed by atoms with Crippen molar-refractivity contribution in [3.05, 3.63) is 232 Å². The summed E-state index contributed by atoms with van der Waals surface area (Å²) >= 11 is 0. The third-order valence-corrected chi connectivity index (χ3v) is 17.8. The van der Waals surface area contributed by atoms with Gasteiger partial charge in [-0.2, -0.15) is 0 Å². The Morgan fingerprint density at radius 1 is 0.360 bits per heavy atom. The van der Waals surface area contributed by atoms with Gasteiger partial charge in [0.25, 0.3) is 0 Å². The van der Waals surface area contributed by atoms with Crippen molar-refractivity contribution in [1.82, 2.24) is 0 Å². The van der Waals surface area contributed by atoms with Gasteiger partial charge in [0.05, 0.1) is 5.69 Å². The Morgan fingerprint density at radius 3 is 1.52 bits per heavy atom. The van der Waals surface area contributed by atoms with Gasteiger partial charge in [-0.25, -0.2) is 0 Å². The van der Waals surface area contributed by atoms with Gasteiger partial charge in [0.2, 0.25) is 0 Å². The first-order valence-electron chi connectivity index (χ1n) is 26.7. The summed E-state index contributed by atoms with van der Waals surface area (Å²) in [5.41, 5.74) is 30.5. The second-order valence-electron chi connectivity index (χ2n) is 23.3. The van der Waals surface area contributed by atoms with Crippen LogP contribution in [-0.4, -0.2) is 0 Å². The van der Waals surface area contributed by atoms with Gasteiger partial charge in [0.1, 0.15) is 22.3 Å². The van der Waals surface area contributed by atoms with Crippen molar-refractivity contribution in [1.29, 1.82) is 0 Å². The van der Waals surface area contributed by atoms with Crippen LogP contribution in [0.25, 0.3) is 99.5 Å². The molecule has 0 radical (unpaired) electrons. The fourth-order valence-electron chi connectivity index (χ4n) is 14.6. The molecule has 3 aliphatic carbocycles. The molecule has 10 aromatic carbocycles. The smallest absolute Gasteiger partial charge is 0.144 e. The van der Waals surface area contributed by atoms with E-state index in [-0.39, 0.29) is 16.2 Å². The van der Waals surface area contributed by atoms with Crippen molar-refractivity contribution in [2.45, 2.75) is 78.6 Å². The molecule has 0 aliphatic heterocycles. The molecule has 2 heterocycles. The molecular formula is C72H57NO2. The minimum atomic E-state index is -0.350. The van der Waals surface area contributed by atoms with Gasteiger partial charge < -0.3 is 13.7 Å². The SMILES string of the molecule is Cc1cc(C)c(N(c2ccc3c(c2)C(C)(C)c2cc(-c4ccccc4-c4ccccc4)c4oc5ccccc5c4c2-3)c2ccc3c(c2)C(C)(C)c2c4c(c5c(oc6ccccc65)c2-3)-c2ccccc2C4(C)C)c(C)c1. The zero-order valence-corrected chi connectivity index (χ0v) is 44.1. The summed E-state index contributed by atoms with van der Waals surface area (Å²) in [5, 5.41) is 4.73. The van der Waals surface area contributed by atoms with E-state index in [1.54, 1.807) is 0 Å². The predicted molar refractivity (Wildman–Crippen MR) is 313 cm³/mol. The Balaban J connectivity index is 0.951. The number of benzene rings is 10. The number of anilines is 3. The minimum absolute atomic E-state index is 0.220. The molecule has 0 spiro atoms. The molecule has 2 aromatic heterocycles. The highest BCUT2D eigenvalue weighted by atomic mass is 16.3. The molecule has 0 N–H and O–H groups in total. The number of furan rings is 2. The lowest BCUT2D eigenvalue weighted by atomic mass is 9.72. The largest absolute Gasteiger partial charge is 0.455 e. The van der Waals surface area contributed by atoms with Gasteiger partial charge >= 0.3 is 0 Å². The molecule has 362 valence electrons. The Kier molecular flexibility index (Phi) is 8.89. The average Bonchev–Trinajstić information content (AvgIpc) is 4.24. The van der Waals surface area contributed by atoms with Crippen molar-refractivity contribution >= 4 is 60.9 Å². The second-order valence-corrected chi connectivity index (χ2v) is 23.3. The number of fused-ring (bicyclic) bond motifs is 19. The number of hydrogen-bond acceptors (Lipinski definition) is 3. The molecule has 12 aromatic rings. The van der Waals surface area contributed by atoms with Gasteiger partial charge in [0, 0.05) is 60.3 Å². The van der Waals surface area contributed by atoms with Crippen LogP contribution in [0.5, 0.6) is 0 Å². The van der Waals surface area contributed by atoms with Gasteiger partial charge in [-0.05, 0) is 152 Å². The van der Waals surface area contributed by atoms with Crippen molar-refractivity contribution in [2.24, 2.45) is 0 Å². The molecule has 3 aliphatic rings. The van der Waals surface area contributed by atoms with E-state index in [2.05, 4.69) is 249 Å². The maximum Gasteiger partial charge on any atom is 0.144 e. The van der Waals surface area contributed by atoms with Gasteiger partial charge in [-0.1, -0.05) is 187 Å². The third kappa shape index (κ3) is 5.82. The van der Waals surface area contributed by atoms with Crippen LogP contribution in [-0.2, 0) is 16.2 Å². The number of nitrogens with zero attached hydrogens (tertiary/aromatic N) is 1. The maximum absolute atomic E-state index is 7.09. The number of para-hydroxylation sites is 2. The lowest BCUT2D eigenvalue weighted by Crippen LogP contribution is -2.24. The van der Waals surface area contributed by atoms with E-state index >= 15 is 0 Å². The van der Waals surface area contributed by atoms with Crippen LogP contribution in [0.2, 0.25) is 0 Å². The van der Waals surface area contributed by atoms with Crippen molar-refractivity contribution in [3.63, 3.8) is 0 Å². The van der Waals surface area contributed by atoms with Crippen molar-refractivity contribution in [2.75, 3.05) is 4.90 Å². The van der Waals surface area contributed by atoms with E-state index in [0.29, 0.717) is 0 Å². The molecule has 0 atom stereocenters. The zero-order chi connectivity index (χ0) is 51.0. The molecule has 0 fully saturated rings. The van der Waals surface area contributed by atoms with E-state index in [4.69, 9.17) is 8.83 Å². The number of hydrogen-bond donors (Lipinski definition) is 0. The Morgan fingerprint density at radius 2 is 0.853 bits per heavy atom. The molecule has 0 saturated heterocycles. The highest BCUT2D eigenvalue weighted by Crippen LogP contribution is 2.64. The average molecular weight is 968 g/mol. The number of aryl methyl sites for hydroxylation is 3. The summed E-state index contributed by atoms with van der Waals surface area (Å²) in [6.45, 7) is 21.4. The van der Waals surface area contributed by atoms with Gasteiger partial charge in [-0.3, -0.25) is 0 Å². The molecular weight excluding hydrogens is 911 g/mol. The van der Waals surface area contributed by atoms with Crippen LogP contribution in [0.15, 0.2) is 191 Å². The lowest BCUT2D eigenvalue weighted by molar-refractivity contribution is 0.600. The molecule has 15 rings (SSSR count). The maximum atomic E-state index is 7.09. The first-order valence-corrected chi connectivity index (χ1v) is 26.7. The summed E-state index contributed by atoms with van der Waals surface area (Å²) in [4.78, 5) is 2.55. The zero-order valence-electron chi connectivity index (χ0n) is 44.1. The topological polar surface area (TPSA) is 29.5 Å². The molecule has 0 unspecified atom stereocenters. The fourth-order valence-corrected chi connectivity index (χ4v) is 14.6. The predicted octanol–water partition coefficient (Wildman–Crippen LogP) is 20.1. The van der Waals surface area contributed by atoms with E-state index in [1.165, 1.54) is 122 Å². The lowest BCUT2D eigenvalue weighted by Gasteiger charge is -2.33. The van der Waals surface area contributed by atoms with Crippen LogP contribution >= 0.6 is 0 Å². The first kappa shape index (κ1) is 44.1. The molecule has 75 heavy (non-hydrogen) atoms. The quantitative estimate of drug-likeness (QED) is 0.172. The third-order valence-electron chi connectivity index (χ3n) is 17.8. The van der Waals surface area contributed by atoms with Crippen LogP contribution in [0, 0.1) is 20.8 Å². The summed E-state index contributed by atoms with van der Waals surface area (Å²) < 4.78 is 14.1. The Labute approximate surface area is 438 Å². The Hall–Kier alpha value is -8.40. The summed E-state index contributed by atoms with van der Waals surface area (Å²) in [5.74, 6) is 0. The molecule has 0 amide bonds. The molecule has 0 bridgehead atoms. The molecule has 3 nitrogen and oxygen atoms in total. The molecule has 0 saturated carbocycles. The molecule has 3 heteroatoms. The van der Waals surface area contributed by atoms with Gasteiger partial charge in [0.15, 0.2) is 0 Å². The van der Waals surface area contributed by atoms with Crippen molar-refractivity contribution < 1.29 is 8.83 Å². The van der Waals surface area contributed by atoms with E-state index < -0.39 is 0 Å². The minimum Gasteiger partial charge on any atom is -0.455 e. The number of rotatable bonds is 5. The second kappa shape index (κ2) is 15.1. The van der Waals surface area contributed by atoms with Crippen LogP contribution in [0.1, 0.15) is 91.6 Å². The summed E-state index contributed by atoms with van der Waals surface area (Å²) in [6, 6.07) is 67.5. The summed E-state index contributed by atoms with van der Waals surface area (Å²) in [6.07, 6.45) is 0. The Bertz CT molecular complexity index is 4450. The summed E-state index contributed by atoms with van der Waals surface area (Å²) in [7, 11) is 0. The van der Waals surface area contributed by atoms with Gasteiger partial charge in [-0.15, -0.1) is 0 Å². The fraction of sp³-hybridized carbons (Fsp3) is 0.167. The monoisotopic (exact) mass is 967 g/mol. The van der Waals surface area contributed by atoms with E-state index in [1.807, 2.05) is 0 Å². The van der Waals surface area contributed by atoms with E-state index in [0.717, 1.165) is 44.7 Å². The first-order chi connectivity index (χ1) is 36.2.